The molecule has 0 bridgehead atoms. The first-order chi connectivity index (χ1) is 9.50. The van der Waals surface area contributed by atoms with E-state index in [9.17, 15) is 18.7 Å². The van der Waals surface area contributed by atoms with Gasteiger partial charge in [0.25, 0.3) is 5.91 Å². The molecule has 1 aromatic carbocycles. The Morgan fingerprint density at radius 1 is 1.45 bits per heavy atom. The second-order valence-corrected chi connectivity index (χ2v) is 4.80. The van der Waals surface area contributed by atoms with E-state index in [0.29, 0.717) is 11.3 Å². The van der Waals surface area contributed by atoms with E-state index in [-0.39, 0.29) is 6.54 Å². The third-order valence-corrected chi connectivity index (χ3v) is 3.50. The number of hydrogen-bond acceptors (Lipinski definition) is 4. The fourth-order valence-corrected chi connectivity index (χ4v) is 2.42. The molecule has 0 fully saturated rings. The molecule has 0 radical (unpaired) electrons. The van der Waals surface area contributed by atoms with Gasteiger partial charge < -0.3 is 10.4 Å². The van der Waals surface area contributed by atoms with Crippen molar-refractivity contribution in [2.75, 3.05) is 6.54 Å². The van der Waals surface area contributed by atoms with E-state index in [0.717, 1.165) is 23.7 Å². The van der Waals surface area contributed by atoms with E-state index in [2.05, 4.69) is 9.69 Å². The Morgan fingerprint density at radius 3 is 2.65 bits per heavy atom. The molecule has 4 nitrogen and oxygen atoms in total. The van der Waals surface area contributed by atoms with Crippen LogP contribution in [-0.4, -0.2) is 21.9 Å². The fourth-order valence-electron chi connectivity index (χ4n) is 1.73. The number of nitrogens with one attached hydrogen (secondary N) is 1. The molecular weight excluding hydrogens is 286 g/mol. The maximum atomic E-state index is 13.4. The summed E-state index contributed by atoms with van der Waals surface area (Å²) in [5.41, 5.74) is 0.503. The predicted molar refractivity (Wildman–Crippen MR) is 70.5 cm³/mol. The maximum Gasteiger partial charge on any atom is 0.254 e. The Morgan fingerprint density at radius 2 is 2.10 bits per heavy atom. The van der Waals surface area contributed by atoms with Gasteiger partial charge in [0, 0.05) is 11.9 Å². The number of rotatable bonds is 4. The van der Waals surface area contributed by atoms with Gasteiger partial charge >= 0.3 is 0 Å². The van der Waals surface area contributed by atoms with Crippen LogP contribution in [0.2, 0.25) is 0 Å². The zero-order chi connectivity index (χ0) is 14.7. The van der Waals surface area contributed by atoms with Gasteiger partial charge in [0.2, 0.25) is 0 Å². The monoisotopic (exact) mass is 298 g/mol. The lowest BCUT2D eigenvalue weighted by Crippen LogP contribution is -2.29. The number of aliphatic hydroxyl groups is 1. The van der Waals surface area contributed by atoms with Crippen molar-refractivity contribution in [3.05, 3.63) is 52.0 Å². The summed E-state index contributed by atoms with van der Waals surface area (Å²) < 4.78 is 30.8. The lowest BCUT2D eigenvalue weighted by Gasteiger charge is -2.13. The molecule has 0 aliphatic rings. The number of amides is 1. The summed E-state index contributed by atoms with van der Waals surface area (Å²) in [5.74, 6) is -2.13. The minimum absolute atomic E-state index is 0.286. The van der Waals surface area contributed by atoms with Crippen LogP contribution in [0.5, 0.6) is 0 Å². The molecule has 0 aliphatic carbocycles. The molecule has 0 spiro atoms. The molecule has 0 aliphatic heterocycles. The minimum atomic E-state index is -1.45. The first-order valence-corrected chi connectivity index (χ1v) is 6.65. The second kappa shape index (κ2) is 6.06. The highest BCUT2D eigenvalue weighted by molar-refractivity contribution is 7.03. The highest BCUT2D eigenvalue weighted by atomic mass is 32.1. The van der Waals surface area contributed by atoms with Gasteiger partial charge in [0.1, 0.15) is 17.7 Å². The lowest BCUT2D eigenvalue weighted by atomic mass is 10.1. The normalized spacial score (nSPS) is 12.2. The predicted octanol–water partition coefficient (Wildman–Crippen LogP) is 2.19. The summed E-state index contributed by atoms with van der Waals surface area (Å²) in [4.78, 5) is 11.8. The van der Waals surface area contributed by atoms with Crippen LogP contribution in [0, 0.1) is 18.6 Å². The smallest absolute Gasteiger partial charge is 0.254 e. The van der Waals surface area contributed by atoms with Gasteiger partial charge in [-0.1, -0.05) is 6.07 Å². The quantitative estimate of drug-likeness (QED) is 0.909. The molecule has 0 saturated carbocycles. The highest BCUT2D eigenvalue weighted by Crippen LogP contribution is 2.20. The van der Waals surface area contributed by atoms with E-state index in [4.69, 9.17) is 0 Å². The summed E-state index contributed by atoms with van der Waals surface area (Å²) in [6, 6.07) is 3.31. The SMILES string of the molecule is Cc1nscc1C(=O)NCC(O)c1c(F)cccc1F. The van der Waals surface area contributed by atoms with Crippen molar-refractivity contribution in [3.8, 4) is 0 Å². The van der Waals surface area contributed by atoms with E-state index < -0.39 is 29.2 Å². The zero-order valence-electron chi connectivity index (χ0n) is 10.6. The van der Waals surface area contributed by atoms with E-state index in [1.54, 1.807) is 12.3 Å². The van der Waals surface area contributed by atoms with Gasteiger partial charge in [-0.3, -0.25) is 4.79 Å². The molecule has 1 aromatic heterocycles. The number of hydrogen-bond donors (Lipinski definition) is 2. The molecule has 0 saturated heterocycles. The molecule has 2 N–H and O–H groups in total. The average Bonchev–Trinajstić information content (AvgIpc) is 2.82. The number of aryl methyl sites for hydroxylation is 1. The number of aromatic nitrogens is 1. The number of aliphatic hydroxyl groups excluding tert-OH is 1. The molecule has 1 atom stereocenters. The number of nitrogens with zero attached hydrogens (tertiary/aromatic N) is 1. The fraction of sp³-hybridized carbons (Fsp3) is 0.231. The number of carbonyl (C=O) groups excluding carboxylic acids is 1. The Balaban J connectivity index is 2.04. The van der Waals surface area contributed by atoms with Crippen LogP contribution < -0.4 is 5.32 Å². The first-order valence-electron chi connectivity index (χ1n) is 5.82. The molecule has 106 valence electrons. The van der Waals surface area contributed by atoms with Crippen LogP contribution >= 0.6 is 11.5 Å². The number of halogens is 2. The van der Waals surface area contributed by atoms with Gasteiger partial charge in [-0.2, -0.15) is 4.37 Å². The number of benzene rings is 1. The van der Waals surface area contributed by atoms with Crippen molar-refractivity contribution in [2.24, 2.45) is 0 Å². The minimum Gasteiger partial charge on any atom is -0.386 e. The average molecular weight is 298 g/mol. The van der Waals surface area contributed by atoms with Gasteiger partial charge in [-0.25, -0.2) is 8.78 Å². The molecule has 1 unspecified atom stereocenters. The van der Waals surface area contributed by atoms with Crippen LogP contribution in [0.3, 0.4) is 0 Å². The topological polar surface area (TPSA) is 62.2 Å². The third kappa shape index (κ3) is 3.00. The molecule has 1 heterocycles. The maximum absolute atomic E-state index is 13.4. The van der Waals surface area contributed by atoms with E-state index in [1.807, 2.05) is 0 Å². The Kier molecular flexibility index (Phi) is 4.41. The van der Waals surface area contributed by atoms with Crippen molar-refractivity contribution in [2.45, 2.75) is 13.0 Å². The molecule has 2 rings (SSSR count). The summed E-state index contributed by atoms with van der Waals surface area (Å²) >= 11 is 1.14. The van der Waals surface area contributed by atoms with Gasteiger partial charge in [0.15, 0.2) is 0 Å². The Labute approximate surface area is 118 Å². The Bertz CT molecular complexity index is 610. The molecule has 20 heavy (non-hydrogen) atoms. The van der Waals surface area contributed by atoms with Crippen LogP contribution in [0.4, 0.5) is 8.78 Å². The molecule has 1 amide bonds. The van der Waals surface area contributed by atoms with Gasteiger partial charge in [-0.05, 0) is 30.6 Å². The van der Waals surface area contributed by atoms with Crippen molar-refractivity contribution in [1.82, 2.24) is 9.69 Å². The summed E-state index contributed by atoms with van der Waals surface area (Å²) in [6.45, 7) is 1.39. The Hall–Kier alpha value is -1.86. The molecule has 2 aromatic rings. The largest absolute Gasteiger partial charge is 0.386 e. The molecule has 7 heteroatoms. The van der Waals surface area contributed by atoms with E-state index in [1.165, 1.54) is 6.07 Å². The van der Waals surface area contributed by atoms with E-state index >= 15 is 0 Å². The standard InChI is InChI=1S/C13H12F2N2O2S/c1-7-8(6-20-17-7)13(19)16-5-11(18)12-9(14)3-2-4-10(12)15/h2-4,6,11,18H,5H2,1H3,(H,16,19). The van der Waals surface area contributed by atoms with Gasteiger partial charge in [0.05, 0.1) is 16.8 Å². The highest BCUT2D eigenvalue weighted by Gasteiger charge is 2.19. The second-order valence-electron chi connectivity index (χ2n) is 4.17. The third-order valence-electron chi connectivity index (χ3n) is 2.78. The number of carbonyl (C=O) groups is 1. The van der Waals surface area contributed by atoms with Crippen LogP contribution in [0.1, 0.15) is 27.7 Å². The van der Waals surface area contributed by atoms with Crippen LogP contribution in [0.25, 0.3) is 0 Å². The van der Waals surface area contributed by atoms with Crippen molar-refractivity contribution < 1.29 is 18.7 Å². The van der Waals surface area contributed by atoms with Crippen LogP contribution in [-0.2, 0) is 0 Å². The summed E-state index contributed by atoms with van der Waals surface area (Å²) in [6.07, 6.45) is -1.45. The summed E-state index contributed by atoms with van der Waals surface area (Å²) in [7, 11) is 0. The van der Waals surface area contributed by atoms with Gasteiger partial charge in [-0.15, -0.1) is 0 Å². The summed E-state index contributed by atoms with van der Waals surface area (Å²) in [5, 5.41) is 13.8. The first kappa shape index (κ1) is 14.5. The van der Waals surface area contributed by atoms with Crippen molar-refractivity contribution >= 4 is 17.4 Å². The van der Waals surface area contributed by atoms with Crippen LogP contribution in [0.15, 0.2) is 23.6 Å². The van der Waals surface area contributed by atoms with Crippen molar-refractivity contribution in [1.29, 1.82) is 0 Å². The van der Waals surface area contributed by atoms with Crippen molar-refractivity contribution in [3.63, 3.8) is 0 Å². The lowest BCUT2D eigenvalue weighted by molar-refractivity contribution is 0.0911. The molecular formula is C13H12F2N2O2S. The zero-order valence-corrected chi connectivity index (χ0v) is 11.4.